The van der Waals surface area contributed by atoms with Crippen molar-refractivity contribution in [3.05, 3.63) is 35.1 Å². The van der Waals surface area contributed by atoms with Gasteiger partial charge in [-0.3, -0.25) is 0 Å². The molecule has 0 aliphatic rings. The van der Waals surface area contributed by atoms with Crippen LogP contribution in [-0.4, -0.2) is 10.2 Å². The molecule has 1 aromatic carbocycles. The zero-order valence-electron chi connectivity index (χ0n) is 8.11. The third kappa shape index (κ3) is 1.41. The minimum Gasteiger partial charge on any atom is -0.456 e. The summed E-state index contributed by atoms with van der Waals surface area (Å²) in [6.45, 7) is 3.95. The molecule has 14 heavy (non-hydrogen) atoms. The highest BCUT2D eigenvalue weighted by molar-refractivity contribution is 5.82. The van der Waals surface area contributed by atoms with Gasteiger partial charge in [-0.2, -0.15) is 0 Å². The van der Waals surface area contributed by atoms with Crippen molar-refractivity contribution in [3.8, 4) is 0 Å². The number of hydrogen-bond acceptors (Lipinski definition) is 3. The highest BCUT2D eigenvalue weighted by Gasteiger charge is 2.11. The first-order valence-corrected chi connectivity index (χ1v) is 4.45. The van der Waals surface area contributed by atoms with Gasteiger partial charge in [-0.1, -0.05) is 6.07 Å². The summed E-state index contributed by atoms with van der Waals surface area (Å²) in [7, 11) is 0. The second-order valence-electron chi connectivity index (χ2n) is 3.52. The molecule has 0 unspecified atom stereocenters. The predicted octanol–water partition coefficient (Wildman–Crippen LogP) is 2.03. The van der Waals surface area contributed by atoms with E-state index < -0.39 is 6.29 Å². The van der Waals surface area contributed by atoms with E-state index in [0.29, 0.717) is 5.58 Å². The Labute approximate surface area is 81.6 Å². The van der Waals surface area contributed by atoms with Crippen molar-refractivity contribution in [2.45, 2.75) is 20.1 Å². The standard InChI is InChI=1S/C11H12O3/c1-6-3-7(2)8-5-10(11(12)13)14-9(8)4-6/h3-5,11-13H,1-2H3. The zero-order chi connectivity index (χ0) is 10.3. The first kappa shape index (κ1) is 9.24. The lowest BCUT2D eigenvalue weighted by Crippen LogP contribution is -1.90. The van der Waals surface area contributed by atoms with E-state index in [1.807, 2.05) is 26.0 Å². The van der Waals surface area contributed by atoms with Crippen LogP contribution in [0.25, 0.3) is 11.0 Å². The van der Waals surface area contributed by atoms with E-state index in [9.17, 15) is 0 Å². The molecule has 1 aromatic heterocycles. The fraction of sp³-hybridized carbons (Fsp3) is 0.273. The van der Waals surface area contributed by atoms with Crippen LogP contribution in [0, 0.1) is 13.8 Å². The van der Waals surface area contributed by atoms with Gasteiger partial charge in [-0.05, 0) is 37.1 Å². The van der Waals surface area contributed by atoms with Crippen LogP contribution in [0.1, 0.15) is 23.2 Å². The van der Waals surface area contributed by atoms with E-state index >= 15 is 0 Å². The van der Waals surface area contributed by atoms with Gasteiger partial charge in [0.25, 0.3) is 0 Å². The first-order valence-electron chi connectivity index (χ1n) is 4.45. The Kier molecular flexibility index (Phi) is 2.06. The fourth-order valence-electron chi connectivity index (χ4n) is 1.64. The molecule has 0 atom stereocenters. The Hall–Kier alpha value is -1.32. The lowest BCUT2D eigenvalue weighted by atomic mass is 10.1. The van der Waals surface area contributed by atoms with Crippen LogP contribution in [0.4, 0.5) is 0 Å². The average molecular weight is 192 g/mol. The van der Waals surface area contributed by atoms with Crippen LogP contribution < -0.4 is 0 Å². The van der Waals surface area contributed by atoms with Gasteiger partial charge < -0.3 is 14.6 Å². The molecule has 2 rings (SSSR count). The SMILES string of the molecule is Cc1cc(C)c2cc(C(O)O)oc2c1. The lowest BCUT2D eigenvalue weighted by molar-refractivity contribution is -0.0571. The maximum atomic E-state index is 8.95. The van der Waals surface area contributed by atoms with Crippen LogP contribution >= 0.6 is 0 Å². The Bertz CT molecular complexity index is 469. The van der Waals surface area contributed by atoms with E-state index in [4.69, 9.17) is 14.6 Å². The lowest BCUT2D eigenvalue weighted by Gasteiger charge is -1.96. The maximum Gasteiger partial charge on any atom is 0.212 e. The van der Waals surface area contributed by atoms with Crippen molar-refractivity contribution in [1.29, 1.82) is 0 Å². The van der Waals surface area contributed by atoms with Crippen molar-refractivity contribution in [2.75, 3.05) is 0 Å². The molecular weight excluding hydrogens is 180 g/mol. The van der Waals surface area contributed by atoms with E-state index in [2.05, 4.69) is 0 Å². The van der Waals surface area contributed by atoms with Crippen molar-refractivity contribution in [1.82, 2.24) is 0 Å². The molecule has 0 fully saturated rings. The quantitative estimate of drug-likeness (QED) is 0.680. The topological polar surface area (TPSA) is 53.6 Å². The van der Waals surface area contributed by atoms with Crippen LogP contribution in [-0.2, 0) is 0 Å². The molecule has 0 spiro atoms. The second kappa shape index (κ2) is 3.12. The molecule has 74 valence electrons. The number of benzene rings is 1. The van der Waals surface area contributed by atoms with Gasteiger partial charge in [-0.25, -0.2) is 0 Å². The summed E-state index contributed by atoms with van der Waals surface area (Å²) in [6, 6.07) is 5.58. The van der Waals surface area contributed by atoms with Crippen molar-refractivity contribution >= 4 is 11.0 Å². The number of fused-ring (bicyclic) bond motifs is 1. The van der Waals surface area contributed by atoms with E-state index in [1.54, 1.807) is 6.07 Å². The smallest absolute Gasteiger partial charge is 0.212 e. The summed E-state index contributed by atoms with van der Waals surface area (Å²) in [6.07, 6.45) is -1.54. The Morgan fingerprint density at radius 1 is 1.14 bits per heavy atom. The molecule has 1 heterocycles. The molecule has 2 aromatic rings. The highest BCUT2D eigenvalue weighted by Crippen LogP contribution is 2.26. The van der Waals surface area contributed by atoms with E-state index in [1.165, 1.54) is 0 Å². The van der Waals surface area contributed by atoms with Gasteiger partial charge in [0.1, 0.15) is 5.58 Å². The molecule has 0 radical (unpaired) electrons. The maximum absolute atomic E-state index is 8.95. The monoisotopic (exact) mass is 192 g/mol. The summed E-state index contributed by atoms with van der Waals surface area (Å²) >= 11 is 0. The molecule has 3 heteroatoms. The molecule has 3 nitrogen and oxygen atoms in total. The average Bonchev–Trinajstić information content (AvgIpc) is 2.47. The van der Waals surface area contributed by atoms with Gasteiger partial charge in [0.2, 0.25) is 6.29 Å². The van der Waals surface area contributed by atoms with Gasteiger partial charge in [0.15, 0.2) is 5.76 Å². The number of rotatable bonds is 1. The van der Waals surface area contributed by atoms with E-state index in [-0.39, 0.29) is 5.76 Å². The van der Waals surface area contributed by atoms with Crippen LogP contribution in [0.2, 0.25) is 0 Å². The third-order valence-electron chi connectivity index (χ3n) is 2.26. The number of aryl methyl sites for hydroxylation is 2. The summed E-state index contributed by atoms with van der Waals surface area (Å²) in [5.41, 5.74) is 2.88. The molecule has 0 aliphatic carbocycles. The van der Waals surface area contributed by atoms with Crippen molar-refractivity contribution in [3.63, 3.8) is 0 Å². The summed E-state index contributed by atoms with van der Waals surface area (Å²) in [5.74, 6) is 0.189. The zero-order valence-corrected chi connectivity index (χ0v) is 8.11. The van der Waals surface area contributed by atoms with Crippen molar-refractivity contribution in [2.24, 2.45) is 0 Å². The Morgan fingerprint density at radius 3 is 2.50 bits per heavy atom. The molecule has 0 aliphatic heterocycles. The Morgan fingerprint density at radius 2 is 1.86 bits per heavy atom. The van der Waals surface area contributed by atoms with Gasteiger partial charge in [-0.15, -0.1) is 0 Å². The van der Waals surface area contributed by atoms with Gasteiger partial charge >= 0.3 is 0 Å². The summed E-state index contributed by atoms with van der Waals surface area (Å²) < 4.78 is 5.29. The third-order valence-corrected chi connectivity index (χ3v) is 2.26. The molecule has 0 amide bonds. The molecule has 0 bridgehead atoms. The molecular formula is C11H12O3. The van der Waals surface area contributed by atoms with Gasteiger partial charge in [0.05, 0.1) is 0 Å². The number of hydrogen-bond donors (Lipinski definition) is 2. The van der Waals surface area contributed by atoms with Crippen LogP contribution in [0.3, 0.4) is 0 Å². The molecule has 2 N–H and O–H groups in total. The van der Waals surface area contributed by atoms with Crippen LogP contribution in [0.5, 0.6) is 0 Å². The summed E-state index contributed by atoms with van der Waals surface area (Å²) in [5, 5.41) is 18.8. The normalized spacial score (nSPS) is 11.5. The summed E-state index contributed by atoms with van der Waals surface area (Å²) in [4.78, 5) is 0. The van der Waals surface area contributed by atoms with Gasteiger partial charge in [0, 0.05) is 5.39 Å². The molecule has 0 saturated heterocycles. The highest BCUT2D eigenvalue weighted by atomic mass is 16.5. The Balaban J connectivity index is 2.70. The molecule has 0 saturated carbocycles. The minimum atomic E-state index is -1.54. The fourth-order valence-corrected chi connectivity index (χ4v) is 1.64. The first-order chi connectivity index (χ1) is 6.58. The predicted molar refractivity (Wildman–Crippen MR) is 52.9 cm³/mol. The number of aliphatic hydroxyl groups is 2. The van der Waals surface area contributed by atoms with Crippen LogP contribution in [0.15, 0.2) is 22.6 Å². The van der Waals surface area contributed by atoms with E-state index in [0.717, 1.165) is 16.5 Å². The largest absolute Gasteiger partial charge is 0.456 e. The second-order valence-corrected chi connectivity index (χ2v) is 3.52. The minimum absolute atomic E-state index is 0.189. The number of aliphatic hydroxyl groups excluding tert-OH is 1. The number of furan rings is 1. The van der Waals surface area contributed by atoms with Crippen molar-refractivity contribution < 1.29 is 14.6 Å².